The summed E-state index contributed by atoms with van der Waals surface area (Å²) in [6.45, 7) is 5.27. The zero-order valence-electron chi connectivity index (χ0n) is 14.4. The molecule has 25 heavy (non-hydrogen) atoms. The first-order valence-electron chi connectivity index (χ1n) is 7.88. The normalized spacial score (nSPS) is 12.7. The number of carbonyl (C=O) groups is 2. The van der Waals surface area contributed by atoms with Crippen LogP contribution in [0.5, 0.6) is 0 Å². The molecule has 0 aromatic heterocycles. The first kappa shape index (κ1) is 21.4. The second kappa shape index (κ2) is 9.74. The summed E-state index contributed by atoms with van der Waals surface area (Å²) in [6, 6.07) is 4.45. The topological polar surface area (TPSA) is 102 Å². The Balaban J connectivity index is 2.77. The number of hydrogen-bond acceptors (Lipinski definition) is 5. The van der Waals surface area contributed by atoms with Gasteiger partial charge in [-0.3, -0.25) is 9.59 Å². The number of ether oxygens (including phenoxy) is 1. The largest absolute Gasteiger partial charge is 0.454 e. The molecule has 0 radical (unpaired) electrons. The monoisotopic (exact) mass is 390 g/mol. The van der Waals surface area contributed by atoms with Crippen molar-refractivity contribution in [1.29, 1.82) is 0 Å². The van der Waals surface area contributed by atoms with Crippen LogP contribution in [0, 0.1) is 5.92 Å². The molecule has 0 aliphatic heterocycles. The lowest BCUT2D eigenvalue weighted by Crippen LogP contribution is -2.46. The number of sulfonamides is 1. The fourth-order valence-corrected chi connectivity index (χ4v) is 3.31. The molecule has 140 valence electrons. The van der Waals surface area contributed by atoms with Crippen LogP contribution in [0.2, 0.25) is 5.02 Å². The molecule has 1 atom stereocenters. The Labute approximate surface area is 153 Å². The van der Waals surface area contributed by atoms with E-state index in [1.54, 1.807) is 13.8 Å². The van der Waals surface area contributed by atoms with Gasteiger partial charge in [-0.2, -0.15) is 4.72 Å². The van der Waals surface area contributed by atoms with Gasteiger partial charge in [-0.25, -0.2) is 8.42 Å². The molecular formula is C16H23ClN2O5S. The van der Waals surface area contributed by atoms with Crippen LogP contribution in [0.4, 0.5) is 0 Å². The van der Waals surface area contributed by atoms with E-state index in [1.165, 1.54) is 24.3 Å². The fourth-order valence-electron chi connectivity index (χ4n) is 1.85. The predicted octanol–water partition coefficient (Wildman–Crippen LogP) is 1.71. The molecule has 0 unspecified atom stereocenters. The van der Waals surface area contributed by atoms with Crippen molar-refractivity contribution in [2.24, 2.45) is 5.92 Å². The number of amides is 1. The summed E-state index contributed by atoms with van der Waals surface area (Å²) in [6.07, 6.45) is 0.759. The molecule has 1 aromatic carbocycles. The van der Waals surface area contributed by atoms with Crippen molar-refractivity contribution in [2.45, 2.75) is 38.1 Å². The Morgan fingerprint density at radius 1 is 1.20 bits per heavy atom. The van der Waals surface area contributed by atoms with Gasteiger partial charge in [-0.1, -0.05) is 32.4 Å². The van der Waals surface area contributed by atoms with Gasteiger partial charge < -0.3 is 10.1 Å². The van der Waals surface area contributed by atoms with Crippen LogP contribution in [-0.4, -0.2) is 39.5 Å². The quantitative estimate of drug-likeness (QED) is 0.625. The third kappa shape index (κ3) is 7.01. The van der Waals surface area contributed by atoms with Crippen LogP contribution in [0.1, 0.15) is 27.2 Å². The number of rotatable bonds is 9. The molecule has 0 heterocycles. The second-order valence-corrected chi connectivity index (χ2v) is 7.90. The second-order valence-electron chi connectivity index (χ2n) is 5.75. The van der Waals surface area contributed by atoms with Crippen molar-refractivity contribution in [3.05, 3.63) is 29.3 Å². The molecule has 0 saturated heterocycles. The standard InChI is InChI=1S/C16H23ClN2O5S/c1-4-9-18-14(20)10-24-16(21)15(11(2)3)19-25(22,23)13-7-5-12(17)6-8-13/h5-8,11,15,19H,4,9-10H2,1-3H3,(H,18,20)/t15-/m0/s1. The number of esters is 1. The molecule has 0 aliphatic rings. The maximum absolute atomic E-state index is 12.4. The van der Waals surface area contributed by atoms with E-state index in [2.05, 4.69) is 10.0 Å². The maximum Gasteiger partial charge on any atom is 0.324 e. The Kier molecular flexibility index (Phi) is 8.34. The zero-order valence-corrected chi connectivity index (χ0v) is 16.0. The highest BCUT2D eigenvalue weighted by molar-refractivity contribution is 7.89. The summed E-state index contributed by atoms with van der Waals surface area (Å²) in [5.74, 6) is -1.61. The minimum atomic E-state index is -3.93. The SMILES string of the molecule is CCCNC(=O)COC(=O)[C@@H](NS(=O)(=O)c1ccc(Cl)cc1)C(C)C. The average molecular weight is 391 g/mol. The average Bonchev–Trinajstić information content (AvgIpc) is 2.55. The molecule has 9 heteroatoms. The Hall–Kier alpha value is -1.64. The highest BCUT2D eigenvalue weighted by Crippen LogP contribution is 2.16. The Bertz CT molecular complexity index is 689. The number of benzene rings is 1. The smallest absolute Gasteiger partial charge is 0.324 e. The Morgan fingerprint density at radius 3 is 2.32 bits per heavy atom. The number of hydrogen-bond donors (Lipinski definition) is 2. The molecule has 0 spiro atoms. The lowest BCUT2D eigenvalue weighted by Gasteiger charge is -2.20. The van der Waals surface area contributed by atoms with Crippen molar-refractivity contribution >= 4 is 33.5 Å². The first-order valence-corrected chi connectivity index (χ1v) is 9.74. The summed E-state index contributed by atoms with van der Waals surface area (Å²) >= 11 is 5.75. The summed E-state index contributed by atoms with van der Waals surface area (Å²) in [7, 11) is -3.93. The molecule has 1 amide bonds. The van der Waals surface area contributed by atoms with Gasteiger partial charge in [0, 0.05) is 11.6 Å². The third-order valence-corrected chi connectivity index (χ3v) is 4.95. The highest BCUT2D eigenvalue weighted by Gasteiger charge is 2.30. The predicted molar refractivity (Wildman–Crippen MR) is 94.7 cm³/mol. The molecule has 2 N–H and O–H groups in total. The lowest BCUT2D eigenvalue weighted by molar-refractivity contribution is -0.151. The molecule has 0 aliphatic carbocycles. The van der Waals surface area contributed by atoms with E-state index in [4.69, 9.17) is 16.3 Å². The zero-order chi connectivity index (χ0) is 19.0. The molecule has 0 fully saturated rings. The molecule has 0 saturated carbocycles. The molecule has 1 rings (SSSR count). The number of nitrogens with one attached hydrogen (secondary N) is 2. The molecular weight excluding hydrogens is 368 g/mol. The summed E-state index contributed by atoms with van der Waals surface area (Å²) in [5.41, 5.74) is 0. The van der Waals surface area contributed by atoms with Crippen LogP contribution >= 0.6 is 11.6 Å². The van der Waals surface area contributed by atoms with Crippen LogP contribution in [-0.2, 0) is 24.3 Å². The fraction of sp³-hybridized carbons (Fsp3) is 0.500. The number of carbonyl (C=O) groups excluding carboxylic acids is 2. The van der Waals surface area contributed by atoms with Gasteiger partial charge in [-0.15, -0.1) is 0 Å². The van der Waals surface area contributed by atoms with Crippen molar-refractivity contribution in [2.75, 3.05) is 13.2 Å². The summed E-state index contributed by atoms with van der Waals surface area (Å²) in [5, 5.41) is 2.97. The number of halogens is 1. The first-order chi connectivity index (χ1) is 11.7. The van der Waals surface area contributed by atoms with Gasteiger partial charge in [0.25, 0.3) is 5.91 Å². The van der Waals surface area contributed by atoms with Gasteiger partial charge in [0.2, 0.25) is 10.0 Å². The summed E-state index contributed by atoms with van der Waals surface area (Å²) in [4.78, 5) is 23.7. The lowest BCUT2D eigenvalue weighted by atomic mass is 10.1. The minimum Gasteiger partial charge on any atom is -0.454 e. The van der Waals surface area contributed by atoms with E-state index in [0.29, 0.717) is 11.6 Å². The maximum atomic E-state index is 12.4. The van der Waals surface area contributed by atoms with Gasteiger partial charge in [0.15, 0.2) is 6.61 Å². The van der Waals surface area contributed by atoms with Crippen molar-refractivity contribution < 1.29 is 22.7 Å². The molecule has 7 nitrogen and oxygen atoms in total. The van der Waals surface area contributed by atoms with E-state index in [-0.39, 0.29) is 10.8 Å². The van der Waals surface area contributed by atoms with Crippen molar-refractivity contribution in [3.63, 3.8) is 0 Å². The van der Waals surface area contributed by atoms with E-state index in [9.17, 15) is 18.0 Å². The van der Waals surface area contributed by atoms with E-state index < -0.39 is 34.5 Å². The highest BCUT2D eigenvalue weighted by atomic mass is 35.5. The van der Waals surface area contributed by atoms with Gasteiger partial charge in [0.1, 0.15) is 6.04 Å². The van der Waals surface area contributed by atoms with E-state index in [0.717, 1.165) is 6.42 Å². The molecule has 0 bridgehead atoms. The van der Waals surface area contributed by atoms with E-state index >= 15 is 0 Å². The van der Waals surface area contributed by atoms with Crippen LogP contribution < -0.4 is 10.0 Å². The van der Waals surface area contributed by atoms with Gasteiger partial charge in [0.05, 0.1) is 4.90 Å². The van der Waals surface area contributed by atoms with Gasteiger partial charge in [-0.05, 0) is 36.6 Å². The van der Waals surface area contributed by atoms with Crippen LogP contribution in [0.15, 0.2) is 29.2 Å². The Morgan fingerprint density at radius 2 is 1.80 bits per heavy atom. The minimum absolute atomic E-state index is 0.0176. The third-order valence-electron chi connectivity index (χ3n) is 3.24. The van der Waals surface area contributed by atoms with Gasteiger partial charge >= 0.3 is 5.97 Å². The summed E-state index contributed by atoms with van der Waals surface area (Å²) < 4.78 is 32.0. The van der Waals surface area contributed by atoms with Crippen LogP contribution in [0.25, 0.3) is 0 Å². The van der Waals surface area contributed by atoms with E-state index in [1.807, 2.05) is 6.92 Å². The van der Waals surface area contributed by atoms with Crippen molar-refractivity contribution in [1.82, 2.24) is 10.0 Å². The van der Waals surface area contributed by atoms with Crippen LogP contribution in [0.3, 0.4) is 0 Å². The molecule has 1 aromatic rings. The van der Waals surface area contributed by atoms with Crippen molar-refractivity contribution in [3.8, 4) is 0 Å².